The fourth-order valence-corrected chi connectivity index (χ4v) is 4.53. The van der Waals surface area contributed by atoms with Crippen LogP contribution in [0.25, 0.3) is 10.1 Å². The van der Waals surface area contributed by atoms with Crippen LogP contribution in [0, 0.1) is 12.9 Å². The van der Waals surface area contributed by atoms with E-state index in [1.54, 1.807) is 18.3 Å². The fraction of sp³-hybridized carbons (Fsp3) is 0.368. The first-order chi connectivity index (χ1) is 12.0. The third kappa shape index (κ3) is 2.65. The molecule has 0 N–H and O–H groups in total. The smallest absolute Gasteiger partial charge is 0.261 e. The lowest BCUT2D eigenvalue weighted by Gasteiger charge is -2.29. The van der Waals surface area contributed by atoms with Crippen molar-refractivity contribution >= 4 is 27.3 Å². The summed E-state index contributed by atoms with van der Waals surface area (Å²) in [6, 6.07) is 8.29. The molecule has 25 heavy (non-hydrogen) atoms. The first kappa shape index (κ1) is 16.3. The quantitative estimate of drug-likeness (QED) is 0.692. The molecular weight excluding hydrogens is 337 g/mol. The van der Waals surface area contributed by atoms with Gasteiger partial charge in [-0.15, -0.1) is 11.3 Å². The second-order valence-electron chi connectivity index (χ2n) is 6.68. The highest BCUT2D eigenvalue weighted by Crippen LogP contribution is 2.40. The maximum Gasteiger partial charge on any atom is 0.261 e. The molecule has 1 amide bonds. The number of benzene rings is 1. The molecule has 0 saturated heterocycles. The molecule has 1 fully saturated rings. The Bertz CT molecular complexity index is 957. The van der Waals surface area contributed by atoms with Crippen molar-refractivity contribution < 1.29 is 9.18 Å². The molecule has 0 bridgehead atoms. The number of halogens is 1. The standard InChI is InChI=1S/C19H20FN3OS/c1-11-17(18(20)22(3)21-11)19(24)23(13-8-9-13)12(2)15-10-25-16-7-5-4-6-14(15)16/h4-7,10,12-13H,8-9H2,1-3H3. The number of carbonyl (C=O) groups is 1. The molecule has 0 radical (unpaired) electrons. The Kier molecular flexibility index (Phi) is 3.87. The zero-order valence-electron chi connectivity index (χ0n) is 14.5. The normalized spacial score (nSPS) is 15.5. The first-order valence-electron chi connectivity index (χ1n) is 8.47. The Labute approximate surface area is 149 Å². The molecule has 1 atom stereocenters. The number of hydrogen-bond donors (Lipinski definition) is 0. The molecule has 130 valence electrons. The first-order valence-corrected chi connectivity index (χ1v) is 9.35. The van der Waals surface area contributed by atoms with Gasteiger partial charge in [0.1, 0.15) is 5.56 Å². The van der Waals surface area contributed by atoms with Crippen molar-refractivity contribution in [1.29, 1.82) is 0 Å². The number of fused-ring (bicyclic) bond motifs is 1. The van der Waals surface area contributed by atoms with E-state index in [9.17, 15) is 9.18 Å². The summed E-state index contributed by atoms with van der Waals surface area (Å²) in [5, 5.41) is 7.35. The minimum atomic E-state index is -0.560. The second kappa shape index (κ2) is 5.95. The molecule has 1 aliphatic rings. The van der Waals surface area contributed by atoms with Crippen LogP contribution < -0.4 is 0 Å². The maximum atomic E-state index is 14.4. The minimum absolute atomic E-state index is 0.0979. The average molecular weight is 357 g/mol. The molecule has 1 unspecified atom stereocenters. The number of nitrogens with zero attached hydrogens (tertiary/aromatic N) is 3. The summed E-state index contributed by atoms with van der Waals surface area (Å²) in [5.41, 5.74) is 1.67. The van der Waals surface area contributed by atoms with Crippen LogP contribution in [0.5, 0.6) is 0 Å². The average Bonchev–Trinajstić information content (AvgIpc) is 3.26. The lowest BCUT2D eigenvalue weighted by atomic mass is 10.0. The molecule has 2 aromatic heterocycles. The van der Waals surface area contributed by atoms with Gasteiger partial charge < -0.3 is 4.90 Å². The van der Waals surface area contributed by atoms with E-state index in [4.69, 9.17) is 0 Å². The van der Waals surface area contributed by atoms with Gasteiger partial charge in [-0.3, -0.25) is 4.79 Å². The highest BCUT2D eigenvalue weighted by molar-refractivity contribution is 7.17. The summed E-state index contributed by atoms with van der Waals surface area (Å²) >= 11 is 1.68. The predicted octanol–water partition coefficient (Wildman–Crippen LogP) is 4.45. The van der Waals surface area contributed by atoms with Crippen LogP contribution >= 0.6 is 11.3 Å². The monoisotopic (exact) mass is 357 g/mol. The van der Waals surface area contributed by atoms with Crippen LogP contribution in [0.3, 0.4) is 0 Å². The molecule has 6 heteroatoms. The molecule has 1 aliphatic carbocycles. The number of amides is 1. The van der Waals surface area contributed by atoms with Crippen LogP contribution in [-0.2, 0) is 7.05 Å². The van der Waals surface area contributed by atoms with Crippen LogP contribution in [0.4, 0.5) is 4.39 Å². The Morgan fingerprint density at radius 3 is 2.76 bits per heavy atom. The van der Waals surface area contributed by atoms with Gasteiger partial charge in [-0.1, -0.05) is 18.2 Å². The van der Waals surface area contributed by atoms with Gasteiger partial charge in [0.25, 0.3) is 5.91 Å². The minimum Gasteiger partial charge on any atom is -0.329 e. The van der Waals surface area contributed by atoms with Crippen molar-refractivity contribution in [3.05, 3.63) is 52.4 Å². The number of thiophene rings is 1. The van der Waals surface area contributed by atoms with Crippen LogP contribution in [0.1, 0.15) is 47.4 Å². The molecule has 3 aromatic rings. The van der Waals surface area contributed by atoms with E-state index in [1.807, 2.05) is 24.0 Å². The van der Waals surface area contributed by atoms with Gasteiger partial charge in [0.2, 0.25) is 5.95 Å². The van der Waals surface area contributed by atoms with Gasteiger partial charge in [-0.2, -0.15) is 9.49 Å². The van der Waals surface area contributed by atoms with E-state index in [-0.39, 0.29) is 23.6 Å². The molecule has 1 aromatic carbocycles. The number of hydrogen-bond acceptors (Lipinski definition) is 3. The molecule has 1 saturated carbocycles. The van der Waals surface area contributed by atoms with Crippen molar-refractivity contribution in [1.82, 2.24) is 14.7 Å². The Morgan fingerprint density at radius 1 is 1.40 bits per heavy atom. The predicted molar refractivity (Wildman–Crippen MR) is 97.3 cm³/mol. The van der Waals surface area contributed by atoms with Crippen molar-refractivity contribution in [2.45, 2.75) is 38.8 Å². The van der Waals surface area contributed by atoms with Gasteiger partial charge >= 0.3 is 0 Å². The third-order valence-electron chi connectivity index (χ3n) is 4.92. The van der Waals surface area contributed by atoms with E-state index in [0.717, 1.165) is 23.1 Å². The SMILES string of the molecule is Cc1nn(C)c(F)c1C(=O)N(C1CC1)C(C)c1csc2ccccc12. The summed E-state index contributed by atoms with van der Waals surface area (Å²) < 4.78 is 16.8. The van der Waals surface area contributed by atoms with Gasteiger partial charge in [0.05, 0.1) is 11.7 Å². The molecular formula is C19H20FN3OS. The fourth-order valence-electron chi connectivity index (χ4n) is 3.48. The molecule has 4 rings (SSSR count). The summed E-state index contributed by atoms with van der Waals surface area (Å²) in [4.78, 5) is 15.0. The Balaban J connectivity index is 1.75. The lowest BCUT2D eigenvalue weighted by Crippen LogP contribution is -2.36. The van der Waals surface area contributed by atoms with E-state index >= 15 is 0 Å². The van der Waals surface area contributed by atoms with Crippen molar-refractivity contribution in [3.63, 3.8) is 0 Å². The molecule has 0 spiro atoms. The largest absolute Gasteiger partial charge is 0.329 e. The Morgan fingerprint density at radius 2 is 2.12 bits per heavy atom. The van der Waals surface area contributed by atoms with Gasteiger partial charge in [-0.25, -0.2) is 4.68 Å². The maximum absolute atomic E-state index is 14.4. The van der Waals surface area contributed by atoms with Gasteiger partial charge in [-0.05, 0) is 49.1 Å². The van der Waals surface area contributed by atoms with Gasteiger partial charge in [0.15, 0.2) is 0 Å². The van der Waals surface area contributed by atoms with Crippen LogP contribution in [0.15, 0.2) is 29.6 Å². The lowest BCUT2D eigenvalue weighted by molar-refractivity contribution is 0.0669. The molecule has 0 aliphatic heterocycles. The summed E-state index contributed by atoms with van der Waals surface area (Å²) in [7, 11) is 1.52. The Hall–Kier alpha value is -2.21. The van der Waals surface area contributed by atoms with Gasteiger partial charge in [0, 0.05) is 17.8 Å². The second-order valence-corrected chi connectivity index (χ2v) is 7.59. The van der Waals surface area contributed by atoms with Crippen molar-refractivity contribution in [2.75, 3.05) is 0 Å². The number of carbonyl (C=O) groups excluding carboxylic acids is 1. The topological polar surface area (TPSA) is 38.1 Å². The molecule has 4 nitrogen and oxygen atoms in total. The van der Waals surface area contributed by atoms with E-state index < -0.39 is 5.95 Å². The zero-order valence-corrected chi connectivity index (χ0v) is 15.3. The van der Waals surface area contributed by atoms with Crippen molar-refractivity contribution in [2.24, 2.45) is 7.05 Å². The highest BCUT2D eigenvalue weighted by atomic mass is 32.1. The molecule has 2 heterocycles. The summed E-state index contributed by atoms with van der Waals surface area (Å²) in [6.07, 6.45) is 1.94. The van der Waals surface area contributed by atoms with Crippen molar-refractivity contribution in [3.8, 4) is 0 Å². The van der Waals surface area contributed by atoms with Crippen LogP contribution in [-0.4, -0.2) is 26.6 Å². The van der Waals surface area contributed by atoms with E-state index in [2.05, 4.69) is 22.6 Å². The third-order valence-corrected chi connectivity index (χ3v) is 5.90. The number of aryl methyl sites for hydroxylation is 2. The van der Waals surface area contributed by atoms with E-state index in [1.165, 1.54) is 17.1 Å². The highest BCUT2D eigenvalue weighted by Gasteiger charge is 2.39. The zero-order chi connectivity index (χ0) is 17.7. The number of rotatable bonds is 4. The summed E-state index contributed by atoms with van der Waals surface area (Å²) in [5.74, 6) is -0.816. The van der Waals surface area contributed by atoms with Crippen LogP contribution in [0.2, 0.25) is 0 Å². The summed E-state index contributed by atoms with van der Waals surface area (Å²) in [6.45, 7) is 3.72. The van der Waals surface area contributed by atoms with E-state index in [0.29, 0.717) is 5.69 Å². The number of aromatic nitrogens is 2.